The summed E-state index contributed by atoms with van der Waals surface area (Å²) in [7, 11) is 3.35. The second-order valence-electron chi connectivity index (χ2n) is 4.40. The van der Waals surface area contributed by atoms with Gasteiger partial charge in [-0.1, -0.05) is 0 Å². The number of aliphatic hydroxyl groups is 1. The zero-order valence-corrected chi connectivity index (χ0v) is 8.95. The minimum Gasteiger partial charge on any atom is -0.394 e. The molecule has 0 saturated carbocycles. The van der Waals surface area contributed by atoms with Crippen molar-refractivity contribution in [1.82, 2.24) is 4.90 Å². The van der Waals surface area contributed by atoms with Gasteiger partial charge < -0.3 is 14.6 Å². The number of rotatable bonds is 3. The van der Waals surface area contributed by atoms with E-state index >= 15 is 0 Å². The van der Waals surface area contributed by atoms with Crippen molar-refractivity contribution in [3.63, 3.8) is 0 Å². The molecule has 2 heterocycles. The lowest BCUT2D eigenvalue weighted by Gasteiger charge is -2.29. The van der Waals surface area contributed by atoms with Gasteiger partial charge in [-0.05, 0) is 19.4 Å². The quantitative estimate of drug-likeness (QED) is 0.663. The van der Waals surface area contributed by atoms with Crippen LogP contribution in [0, 0.1) is 0 Å². The molecular weight excluding hydrogens is 182 g/mol. The second-order valence-corrected chi connectivity index (χ2v) is 4.40. The first kappa shape index (κ1) is 10.4. The lowest BCUT2D eigenvalue weighted by Crippen LogP contribution is -2.41. The zero-order chi connectivity index (χ0) is 10.2. The van der Waals surface area contributed by atoms with Crippen molar-refractivity contribution in [2.75, 3.05) is 33.9 Å². The van der Waals surface area contributed by atoms with E-state index in [1.807, 2.05) is 0 Å². The molecule has 0 bridgehead atoms. The highest BCUT2D eigenvalue weighted by atomic mass is 16.7. The fourth-order valence-corrected chi connectivity index (χ4v) is 2.88. The molecule has 0 aromatic heterocycles. The van der Waals surface area contributed by atoms with Crippen LogP contribution in [0.15, 0.2) is 0 Å². The molecule has 0 spiro atoms. The van der Waals surface area contributed by atoms with Crippen LogP contribution in [-0.4, -0.2) is 55.2 Å². The Labute approximate surface area is 84.8 Å². The molecule has 1 N–H and O–H groups in total. The number of methoxy groups -OCH3 is 2. The topological polar surface area (TPSA) is 41.9 Å². The maximum Gasteiger partial charge on any atom is 0.182 e. The molecule has 0 radical (unpaired) electrons. The van der Waals surface area contributed by atoms with Crippen LogP contribution in [0.1, 0.15) is 19.3 Å². The van der Waals surface area contributed by atoms with E-state index in [9.17, 15) is 5.11 Å². The largest absolute Gasteiger partial charge is 0.394 e. The van der Waals surface area contributed by atoms with Crippen molar-refractivity contribution in [3.05, 3.63) is 0 Å². The van der Waals surface area contributed by atoms with Crippen LogP contribution in [0.3, 0.4) is 0 Å². The summed E-state index contributed by atoms with van der Waals surface area (Å²) in [5.74, 6) is -0.497. The molecular formula is C10H19NO3. The third-order valence-corrected chi connectivity index (χ3v) is 3.81. The molecule has 2 saturated heterocycles. The molecule has 82 valence electrons. The van der Waals surface area contributed by atoms with Gasteiger partial charge in [-0.15, -0.1) is 0 Å². The van der Waals surface area contributed by atoms with Crippen molar-refractivity contribution >= 4 is 0 Å². The Hall–Kier alpha value is -0.160. The van der Waals surface area contributed by atoms with Gasteiger partial charge in [0, 0.05) is 26.2 Å². The summed E-state index contributed by atoms with van der Waals surface area (Å²) in [4.78, 5) is 2.31. The third kappa shape index (κ3) is 1.29. The van der Waals surface area contributed by atoms with Crippen LogP contribution in [0.4, 0.5) is 0 Å². The Kier molecular flexibility index (Phi) is 2.55. The Morgan fingerprint density at radius 1 is 1.36 bits per heavy atom. The number of fused-ring (bicyclic) bond motifs is 1. The summed E-state index contributed by atoms with van der Waals surface area (Å²) in [5.41, 5.74) is -0.0774. The van der Waals surface area contributed by atoms with E-state index in [1.54, 1.807) is 14.2 Å². The number of aliphatic hydroxyl groups excluding tert-OH is 1. The van der Waals surface area contributed by atoms with Crippen LogP contribution in [0.2, 0.25) is 0 Å². The van der Waals surface area contributed by atoms with Gasteiger partial charge in [-0.3, -0.25) is 4.90 Å². The normalized spacial score (nSPS) is 36.2. The predicted octanol–water partition coefficient (Wildman–Crippen LogP) is 0.206. The SMILES string of the molecule is COC1(OC)CN2CCCC2(CO)C1. The molecule has 2 aliphatic rings. The first-order valence-corrected chi connectivity index (χ1v) is 5.16. The fraction of sp³-hybridized carbons (Fsp3) is 1.00. The van der Waals surface area contributed by atoms with Crippen molar-refractivity contribution < 1.29 is 14.6 Å². The maximum absolute atomic E-state index is 9.50. The minimum atomic E-state index is -0.497. The van der Waals surface area contributed by atoms with E-state index in [0.29, 0.717) is 0 Å². The van der Waals surface area contributed by atoms with E-state index in [4.69, 9.17) is 9.47 Å². The summed E-state index contributed by atoms with van der Waals surface area (Å²) in [6.07, 6.45) is 3.01. The van der Waals surface area contributed by atoms with E-state index in [-0.39, 0.29) is 12.1 Å². The second kappa shape index (κ2) is 3.45. The standard InChI is InChI=1S/C10H19NO3/c1-13-10(14-2)6-9(8-12)4-3-5-11(9)7-10/h12H,3-8H2,1-2H3. The minimum absolute atomic E-state index is 0.0774. The van der Waals surface area contributed by atoms with E-state index in [2.05, 4.69) is 4.90 Å². The van der Waals surface area contributed by atoms with Crippen LogP contribution in [0.25, 0.3) is 0 Å². The summed E-state index contributed by atoms with van der Waals surface area (Å²) in [6, 6.07) is 0. The molecule has 4 nitrogen and oxygen atoms in total. The highest BCUT2D eigenvalue weighted by Crippen LogP contribution is 2.44. The molecule has 1 unspecified atom stereocenters. The molecule has 0 aliphatic carbocycles. The van der Waals surface area contributed by atoms with Crippen molar-refractivity contribution in [3.8, 4) is 0 Å². The third-order valence-electron chi connectivity index (χ3n) is 3.81. The molecule has 2 fully saturated rings. The molecule has 1 atom stereocenters. The van der Waals surface area contributed by atoms with Gasteiger partial charge in [0.25, 0.3) is 0 Å². The van der Waals surface area contributed by atoms with Crippen molar-refractivity contribution in [1.29, 1.82) is 0 Å². The van der Waals surface area contributed by atoms with Gasteiger partial charge in [0.2, 0.25) is 0 Å². The zero-order valence-electron chi connectivity index (χ0n) is 8.95. The number of nitrogens with zero attached hydrogens (tertiary/aromatic N) is 1. The highest BCUT2D eigenvalue weighted by molar-refractivity contribution is 5.06. The number of hydrogen-bond acceptors (Lipinski definition) is 4. The van der Waals surface area contributed by atoms with Crippen LogP contribution in [0.5, 0.6) is 0 Å². The Balaban J connectivity index is 2.18. The van der Waals surface area contributed by atoms with Crippen molar-refractivity contribution in [2.45, 2.75) is 30.6 Å². The molecule has 0 aromatic carbocycles. The monoisotopic (exact) mass is 201 g/mol. The number of ether oxygens (including phenoxy) is 2. The predicted molar refractivity (Wildman–Crippen MR) is 52.0 cm³/mol. The first-order valence-electron chi connectivity index (χ1n) is 5.16. The average Bonchev–Trinajstić information content (AvgIpc) is 2.72. The van der Waals surface area contributed by atoms with Crippen LogP contribution in [-0.2, 0) is 9.47 Å². The van der Waals surface area contributed by atoms with Gasteiger partial charge in [0.1, 0.15) is 0 Å². The van der Waals surface area contributed by atoms with Gasteiger partial charge in [-0.2, -0.15) is 0 Å². The van der Waals surface area contributed by atoms with E-state index < -0.39 is 5.79 Å². The summed E-state index contributed by atoms with van der Waals surface area (Å²) < 4.78 is 10.9. The Morgan fingerprint density at radius 3 is 2.57 bits per heavy atom. The smallest absolute Gasteiger partial charge is 0.182 e. The summed E-state index contributed by atoms with van der Waals surface area (Å²) in [5, 5.41) is 9.50. The van der Waals surface area contributed by atoms with Gasteiger partial charge in [0.05, 0.1) is 13.2 Å². The Bertz CT molecular complexity index is 217. The van der Waals surface area contributed by atoms with E-state index in [0.717, 1.165) is 25.9 Å². The number of hydrogen-bond donors (Lipinski definition) is 1. The fourth-order valence-electron chi connectivity index (χ4n) is 2.88. The van der Waals surface area contributed by atoms with Gasteiger partial charge in [0.15, 0.2) is 5.79 Å². The highest BCUT2D eigenvalue weighted by Gasteiger charge is 2.55. The van der Waals surface area contributed by atoms with Crippen LogP contribution >= 0.6 is 0 Å². The molecule has 14 heavy (non-hydrogen) atoms. The maximum atomic E-state index is 9.50. The lowest BCUT2D eigenvalue weighted by molar-refractivity contribution is -0.198. The van der Waals surface area contributed by atoms with Gasteiger partial charge in [-0.25, -0.2) is 0 Å². The molecule has 2 aliphatic heterocycles. The molecule has 0 aromatic rings. The van der Waals surface area contributed by atoms with E-state index in [1.165, 1.54) is 6.42 Å². The average molecular weight is 201 g/mol. The lowest BCUT2D eigenvalue weighted by atomic mass is 9.93. The molecule has 0 amide bonds. The molecule has 4 heteroatoms. The summed E-state index contributed by atoms with van der Waals surface area (Å²) in [6.45, 7) is 2.04. The first-order chi connectivity index (χ1) is 6.70. The van der Waals surface area contributed by atoms with Crippen LogP contribution < -0.4 is 0 Å². The molecule has 2 rings (SSSR count). The van der Waals surface area contributed by atoms with Crippen molar-refractivity contribution in [2.24, 2.45) is 0 Å². The summed E-state index contributed by atoms with van der Waals surface area (Å²) >= 11 is 0. The Morgan fingerprint density at radius 2 is 2.07 bits per heavy atom. The van der Waals surface area contributed by atoms with Gasteiger partial charge >= 0.3 is 0 Å².